The Morgan fingerprint density at radius 1 is 0.846 bits per heavy atom. The number of aromatic nitrogens is 2. The maximum absolute atomic E-state index is 14.1. The van der Waals surface area contributed by atoms with E-state index in [1.54, 1.807) is 12.1 Å². The molecule has 7 rings (SSSR count). The number of fused-ring (bicyclic) bond motifs is 4. The van der Waals surface area contributed by atoms with E-state index in [0.29, 0.717) is 22.4 Å². The van der Waals surface area contributed by atoms with Crippen molar-refractivity contribution in [3.8, 4) is 5.69 Å². The van der Waals surface area contributed by atoms with Gasteiger partial charge in [-0.3, -0.25) is 0 Å². The zero-order valence-corrected chi connectivity index (χ0v) is 21.6. The molecule has 1 aromatic heterocycles. The molecule has 8 heteroatoms. The Morgan fingerprint density at radius 3 is 2.41 bits per heavy atom. The SMILES string of the molecule is Cc1nn(-c2ccccc2)c2c1[C@@H](c1ccc(Cl)cc1)N1C(=N2)C(Nc2cccc(F)c2)=Nc2ccccc21. The minimum atomic E-state index is -0.335. The van der Waals surface area contributed by atoms with Gasteiger partial charge in [-0.1, -0.05) is 60.1 Å². The molecule has 0 radical (unpaired) electrons. The number of nitrogens with zero attached hydrogens (tertiary/aromatic N) is 5. The third-order valence-electron chi connectivity index (χ3n) is 6.91. The third kappa shape index (κ3) is 3.99. The van der Waals surface area contributed by atoms with Gasteiger partial charge in [0.2, 0.25) is 0 Å². The van der Waals surface area contributed by atoms with Crippen LogP contribution in [0.1, 0.15) is 22.9 Å². The van der Waals surface area contributed by atoms with Crippen molar-refractivity contribution in [1.29, 1.82) is 0 Å². The van der Waals surface area contributed by atoms with E-state index in [2.05, 4.69) is 10.2 Å². The van der Waals surface area contributed by atoms with Crippen LogP contribution in [0.15, 0.2) is 113 Å². The quantitative estimate of drug-likeness (QED) is 0.258. The van der Waals surface area contributed by atoms with Gasteiger partial charge < -0.3 is 10.2 Å². The number of anilines is 2. The number of aliphatic imine (C=N–C) groups is 2. The minimum absolute atomic E-state index is 0.261. The molecule has 3 heterocycles. The fraction of sp³-hybridized carbons (Fsp3) is 0.0645. The summed E-state index contributed by atoms with van der Waals surface area (Å²) in [6.45, 7) is 2.01. The number of hydrogen-bond donors (Lipinski definition) is 1. The summed E-state index contributed by atoms with van der Waals surface area (Å²) in [7, 11) is 0. The number of halogens is 2. The topological polar surface area (TPSA) is 57.8 Å². The highest BCUT2D eigenvalue weighted by atomic mass is 35.5. The lowest BCUT2D eigenvalue weighted by Gasteiger charge is -2.40. The van der Waals surface area contributed by atoms with E-state index in [9.17, 15) is 4.39 Å². The van der Waals surface area contributed by atoms with Gasteiger partial charge in [-0.25, -0.2) is 19.1 Å². The number of amidine groups is 2. The molecule has 0 amide bonds. The number of rotatable bonds is 3. The molecule has 5 aromatic rings. The maximum Gasteiger partial charge on any atom is 0.179 e. The van der Waals surface area contributed by atoms with Crippen molar-refractivity contribution in [1.82, 2.24) is 9.78 Å². The second kappa shape index (κ2) is 9.22. The van der Waals surface area contributed by atoms with Gasteiger partial charge in [0.25, 0.3) is 0 Å². The first-order chi connectivity index (χ1) is 19.1. The molecular weight excluding hydrogens is 511 g/mol. The van der Waals surface area contributed by atoms with Crippen molar-refractivity contribution in [3.05, 3.63) is 131 Å². The highest BCUT2D eigenvalue weighted by Crippen LogP contribution is 2.48. The Bertz CT molecular complexity index is 1780. The van der Waals surface area contributed by atoms with Crippen molar-refractivity contribution < 1.29 is 4.39 Å². The fourth-order valence-corrected chi connectivity index (χ4v) is 5.34. The molecule has 1 N–H and O–H groups in total. The van der Waals surface area contributed by atoms with Gasteiger partial charge in [-0.15, -0.1) is 0 Å². The molecule has 0 fully saturated rings. The van der Waals surface area contributed by atoms with Crippen LogP contribution in [0, 0.1) is 12.7 Å². The average molecular weight is 533 g/mol. The second-order valence-electron chi connectivity index (χ2n) is 9.41. The van der Waals surface area contributed by atoms with E-state index in [0.717, 1.165) is 39.7 Å². The molecule has 0 aliphatic carbocycles. The Morgan fingerprint density at radius 2 is 1.62 bits per heavy atom. The lowest BCUT2D eigenvalue weighted by atomic mass is 9.93. The Balaban J connectivity index is 1.50. The molecule has 1 atom stereocenters. The van der Waals surface area contributed by atoms with Gasteiger partial charge in [-0.2, -0.15) is 5.10 Å². The highest BCUT2D eigenvalue weighted by molar-refractivity contribution is 6.51. The lowest BCUT2D eigenvalue weighted by Crippen LogP contribution is -2.46. The van der Waals surface area contributed by atoms with Crippen LogP contribution in [0.25, 0.3) is 5.69 Å². The zero-order chi connectivity index (χ0) is 26.5. The van der Waals surface area contributed by atoms with Crippen molar-refractivity contribution in [2.75, 3.05) is 10.2 Å². The van der Waals surface area contributed by atoms with Crippen molar-refractivity contribution in [2.45, 2.75) is 13.0 Å². The van der Waals surface area contributed by atoms with Crippen LogP contribution < -0.4 is 10.2 Å². The summed E-state index contributed by atoms with van der Waals surface area (Å²) in [5.74, 6) is 1.52. The number of benzene rings is 4. The summed E-state index contributed by atoms with van der Waals surface area (Å²) in [4.78, 5) is 12.3. The molecule has 39 heavy (non-hydrogen) atoms. The standard InChI is InChI=1S/C31H22ClFN6/c1-19-27-28(20-14-16-21(32)17-15-20)38-26-13-6-5-12-25(26)35-29(34-23-9-7-8-22(33)18-23)31(38)36-30(27)39(37-19)24-10-3-2-4-11-24/h2-18,28H,1H3,(H,34,35)/t28-/m1/s1. The summed E-state index contributed by atoms with van der Waals surface area (Å²) in [5.41, 5.74) is 6.08. The van der Waals surface area contributed by atoms with Crippen LogP contribution >= 0.6 is 11.6 Å². The number of aryl methyl sites for hydroxylation is 1. The lowest BCUT2D eigenvalue weighted by molar-refractivity contribution is 0.628. The van der Waals surface area contributed by atoms with Crippen LogP contribution in [0.3, 0.4) is 0 Å². The molecule has 4 aromatic carbocycles. The summed E-state index contributed by atoms with van der Waals surface area (Å²) < 4.78 is 16.0. The van der Waals surface area contributed by atoms with Crippen molar-refractivity contribution >= 4 is 46.2 Å². The molecule has 0 saturated carbocycles. The third-order valence-corrected chi connectivity index (χ3v) is 7.16. The monoisotopic (exact) mass is 532 g/mol. The first-order valence-corrected chi connectivity index (χ1v) is 12.9. The van der Waals surface area contributed by atoms with Crippen LogP contribution in [0.2, 0.25) is 5.02 Å². The van der Waals surface area contributed by atoms with Crippen molar-refractivity contribution in [3.63, 3.8) is 0 Å². The highest BCUT2D eigenvalue weighted by Gasteiger charge is 2.41. The van der Waals surface area contributed by atoms with E-state index in [1.807, 2.05) is 90.5 Å². The van der Waals surface area contributed by atoms with Crippen molar-refractivity contribution in [2.24, 2.45) is 9.98 Å². The van der Waals surface area contributed by atoms with E-state index >= 15 is 0 Å². The van der Waals surface area contributed by atoms with Gasteiger partial charge in [0.1, 0.15) is 5.82 Å². The maximum atomic E-state index is 14.1. The van der Waals surface area contributed by atoms with Gasteiger partial charge in [0, 0.05) is 16.3 Å². The molecule has 0 bridgehead atoms. The molecule has 0 saturated heterocycles. The Hall–Kier alpha value is -4.75. The molecule has 2 aliphatic rings. The smallest absolute Gasteiger partial charge is 0.179 e. The van der Waals surface area contributed by atoms with Crippen LogP contribution in [0.5, 0.6) is 0 Å². The van der Waals surface area contributed by atoms with E-state index in [4.69, 9.17) is 26.7 Å². The Labute approximate surface area is 229 Å². The van der Waals surface area contributed by atoms with Gasteiger partial charge in [-0.05, 0) is 67.1 Å². The largest absolute Gasteiger partial charge is 0.337 e. The molecule has 0 unspecified atom stereocenters. The molecular formula is C31H22ClFN6. The molecule has 190 valence electrons. The van der Waals surface area contributed by atoms with Gasteiger partial charge in [0.05, 0.1) is 28.8 Å². The van der Waals surface area contributed by atoms with Crippen LogP contribution in [-0.2, 0) is 0 Å². The second-order valence-corrected chi connectivity index (χ2v) is 9.85. The summed E-state index contributed by atoms with van der Waals surface area (Å²) >= 11 is 6.30. The summed E-state index contributed by atoms with van der Waals surface area (Å²) in [6, 6.07) is 31.8. The van der Waals surface area contributed by atoms with E-state index in [-0.39, 0.29) is 11.9 Å². The predicted molar refractivity (Wildman–Crippen MR) is 155 cm³/mol. The zero-order valence-electron chi connectivity index (χ0n) is 20.9. The molecule has 0 spiro atoms. The molecule has 6 nitrogen and oxygen atoms in total. The van der Waals surface area contributed by atoms with E-state index < -0.39 is 0 Å². The average Bonchev–Trinajstić information content (AvgIpc) is 3.29. The molecule has 2 aliphatic heterocycles. The first kappa shape index (κ1) is 23.4. The Kier molecular flexibility index (Phi) is 5.52. The number of hydrogen-bond acceptors (Lipinski definition) is 5. The number of para-hydroxylation sites is 3. The summed E-state index contributed by atoms with van der Waals surface area (Å²) in [6.07, 6.45) is 0. The van der Waals surface area contributed by atoms with Gasteiger partial charge in [0.15, 0.2) is 17.5 Å². The van der Waals surface area contributed by atoms with E-state index in [1.165, 1.54) is 12.1 Å². The first-order valence-electron chi connectivity index (χ1n) is 12.6. The summed E-state index contributed by atoms with van der Waals surface area (Å²) in [5, 5.41) is 8.93. The minimum Gasteiger partial charge on any atom is -0.337 e. The predicted octanol–water partition coefficient (Wildman–Crippen LogP) is 7.77. The van der Waals surface area contributed by atoms with Crippen LogP contribution in [0.4, 0.5) is 27.3 Å². The van der Waals surface area contributed by atoms with Crippen LogP contribution in [-0.4, -0.2) is 21.5 Å². The fourth-order valence-electron chi connectivity index (χ4n) is 5.21. The van der Waals surface area contributed by atoms with Gasteiger partial charge >= 0.3 is 0 Å². The normalized spacial score (nSPS) is 15.6. The number of nitrogens with one attached hydrogen (secondary N) is 1.